The number of hydrogen-bond acceptors (Lipinski definition) is 6. The van der Waals surface area contributed by atoms with Gasteiger partial charge in [0.1, 0.15) is 11.6 Å². The van der Waals surface area contributed by atoms with Gasteiger partial charge in [0.25, 0.3) is 0 Å². The number of nitrogens with one attached hydrogen (secondary N) is 1. The maximum absolute atomic E-state index is 13.5. The molecule has 1 amide bonds. The van der Waals surface area contributed by atoms with Crippen molar-refractivity contribution in [2.45, 2.75) is 26.8 Å². The van der Waals surface area contributed by atoms with Gasteiger partial charge in [-0.2, -0.15) is 5.10 Å². The number of rotatable bonds is 12. The zero-order chi connectivity index (χ0) is 25.2. The van der Waals surface area contributed by atoms with E-state index >= 15 is 0 Å². The molecular weight excluding hydrogens is 463 g/mol. The topological polar surface area (TPSA) is 61.1 Å². The van der Waals surface area contributed by atoms with Gasteiger partial charge in [-0.05, 0) is 74.9 Å². The van der Waals surface area contributed by atoms with Crippen LogP contribution in [0, 0.1) is 5.82 Å². The molecule has 3 aromatic rings. The van der Waals surface area contributed by atoms with Crippen LogP contribution in [0.15, 0.2) is 88.1 Å². The highest BCUT2D eigenvalue weighted by atomic mass is 32.2. The number of carbonyl (C=O) groups is 1. The van der Waals surface area contributed by atoms with Gasteiger partial charge in [0, 0.05) is 24.5 Å². The molecule has 0 saturated carbocycles. The summed E-state index contributed by atoms with van der Waals surface area (Å²) in [5.74, 6) is 0.283. The average molecular weight is 495 g/mol. The number of anilines is 2. The van der Waals surface area contributed by atoms with E-state index in [1.807, 2.05) is 48.2 Å². The first kappa shape index (κ1) is 26.1. The zero-order valence-electron chi connectivity index (χ0n) is 20.3. The Morgan fingerprint density at radius 1 is 1.11 bits per heavy atom. The second-order valence-electron chi connectivity index (χ2n) is 7.78. The number of thioether (sulfide) groups is 1. The fourth-order valence-electron chi connectivity index (χ4n) is 3.63. The molecule has 0 radical (unpaired) electrons. The zero-order valence-corrected chi connectivity index (χ0v) is 21.1. The number of hydrazone groups is 1. The summed E-state index contributed by atoms with van der Waals surface area (Å²) in [6, 6.07) is 17.6. The minimum atomic E-state index is -0.322. The Hall–Kier alpha value is -3.52. The number of furan rings is 1. The van der Waals surface area contributed by atoms with E-state index in [0.717, 1.165) is 35.8 Å². The van der Waals surface area contributed by atoms with Crippen molar-refractivity contribution in [2.75, 3.05) is 28.6 Å². The van der Waals surface area contributed by atoms with Crippen LogP contribution in [0.4, 0.5) is 15.8 Å². The van der Waals surface area contributed by atoms with Crippen LogP contribution >= 0.6 is 11.8 Å². The Labute approximate surface area is 210 Å². The Balaban J connectivity index is 1.58. The van der Waals surface area contributed by atoms with E-state index in [0.29, 0.717) is 5.03 Å². The first-order valence-corrected chi connectivity index (χ1v) is 12.5. The summed E-state index contributed by atoms with van der Waals surface area (Å²) in [6.45, 7) is 12.3. The molecule has 8 heteroatoms. The number of carbonyl (C=O) groups excluding carboxylic acids is 1. The Morgan fingerprint density at radius 3 is 2.37 bits per heavy atom. The second-order valence-corrected chi connectivity index (χ2v) is 8.83. The van der Waals surface area contributed by atoms with E-state index in [1.165, 1.54) is 23.9 Å². The molecule has 0 saturated heterocycles. The molecular formula is C27H31FN4O2S. The fourth-order valence-corrected chi connectivity index (χ4v) is 4.40. The first-order chi connectivity index (χ1) is 16.9. The molecule has 6 nitrogen and oxygen atoms in total. The van der Waals surface area contributed by atoms with Gasteiger partial charge in [-0.1, -0.05) is 30.5 Å². The summed E-state index contributed by atoms with van der Waals surface area (Å²) in [4.78, 5) is 16.6. The molecule has 3 rings (SSSR count). The summed E-state index contributed by atoms with van der Waals surface area (Å²) in [5, 5.41) is 4.70. The van der Waals surface area contributed by atoms with Crippen LogP contribution < -0.4 is 15.2 Å². The number of benzene rings is 2. The molecule has 184 valence electrons. The predicted molar refractivity (Wildman–Crippen MR) is 143 cm³/mol. The highest BCUT2D eigenvalue weighted by molar-refractivity contribution is 8.03. The molecule has 0 spiro atoms. The second kappa shape index (κ2) is 12.8. The minimum Gasteiger partial charge on any atom is -0.467 e. The summed E-state index contributed by atoms with van der Waals surface area (Å²) in [7, 11) is 0. The van der Waals surface area contributed by atoms with Crippen molar-refractivity contribution >= 4 is 35.3 Å². The van der Waals surface area contributed by atoms with Gasteiger partial charge >= 0.3 is 0 Å². The van der Waals surface area contributed by atoms with Crippen LogP contribution in [-0.4, -0.2) is 31.0 Å². The first-order valence-electron chi connectivity index (χ1n) is 11.5. The third kappa shape index (κ3) is 7.23. The summed E-state index contributed by atoms with van der Waals surface area (Å²) in [6.07, 6.45) is 3.22. The van der Waals surface area contributed by atoms with Gasteiger partial charge in [0.2, 0.25) is 5.91 Å². The van der Waals surface area contributed by atoms with Crippen LogP contribution in [0.3, 0.4) is 0 Å². The molecule has 35 heavy (non-hydrogen) atoms. The van der Waals surface area contributed by atoms with Gasteiger partial charge in [-0.15, -0.1) is 0 Å². The maximum Gasteiger partial charge on any atom is 0.250 e. The Morgan fingerprint density at radius 2 is 1.77 bits per heavy atom. The summed E-state index contributed by atoms with van der Waals surface area (Å²) >= 11 is 1.28. The number of amides is 1. The van der Waals surface area contributed by atoms with Crippen LogP contribution in [0.2, 0.25) is 0 Å². The molecule has 1 heterocycles. The number of hydrogen-bond donors (Lipinski definition) is 1. The van der Waals surface area contributed by atoms with E-state index in [4.69, 9.17) is 4.42 Å². The maximum atomic E-state index is 13.5. The molecule has 1 aromatic heterocycles. The predicted octanol–water partition coefficient (Wildman–Crippen LogP) is 6.19. The van der Waals surface area contributed by atoms with Crippen LogP contribution in [0.25, 0.3) is 0 Å². The van der Waals surface area contributed by atoms with E-state index in [2.05, 4.69) is 35.9 Å². The van der Waals surface area contributed by atoms with Crippen molar-refractivity contribution in [3.05, 3.63) is 95.7 Å². The molecule has 1 unspecified atom stereocenters. The highest BCUT2D eigenvalue weighted by Crippen LogP contribution is 2.34. The van der Waals surface area contributed by atoms with Gasteiger partial charge in [0.05, 0.1) is 29.3 Å². The lowest BCUT2D eigenvalue weighted by Gasteiger charge is -2.31. The normalized spacial score (nSPS) is 11.9. The van der Waals surface area contributed by atoms with E-state index in [-0.39, 0.29) is 23.5 Å². The van der Waals surface area contributed by atoms with Crippen molar-refractivity contribution in [3.8, 4) is 0 Å². The van der Waals surface area contributed by atoms with Crippen molar-refractivity contribution in [3.63, 3.8) is 0 Å². The lowest BCUT2D eigenvalue weighted by Crippen LogP contribution is -2.26. The molecule has 1 atom stereocenters. The van der Waals surface area contributed by atoms with E-state index in [1.54, 1.807) is 24.6 Å². The van der Waals surface area contributed by atoms with Crippen molar-refractivity contribution in [1.82, 2.24) is 5.43 Å². The molecule has 0 aliphatic heterocycles. The quantitative estimate of drug-likeness (QED) is 0.240. The third-order valence-electron chi connectivity index (χ3n) is 5.51. The lowest BCUT2D eigenvalue weighted by molar-refractivity contribution is -0.118. The number of nitrogens with zero attached hydrogens (tertiary/aromatic N) is 3. The van der Waals surface area contributed by atoms with Crippen LogP contribution in [0.5, 0.6) is 0 Å². The highest BCUT2D eigenvalue weighted by Gasteiger charge is 2.22. The van der Waals surface area contributed by atoms with E-state index < -0.39 is 0 Å². The van der Waals surface area contributed by atoms with E-state index in [9.17, 15) is 9.18 Å². The van der Waals surface area contributed by atoms with Crippen LogP contribution in [0.1, 0.15) is 38.1 Å². The summed E-state index contributed by atoms with van der Waals surface area (Å²) < 4.78 is 19.0. The third-order valence-corrected chi connectivity index (χ3v) is 6.45. The fraction of sp³-hybridized carbons (Fsp3) is 0.259. The molecule has 0 aliphatic rings. The smallest absolute Gasteiger partial charge is 0.250 e. The largest absolute Gasteiger partial charge is 0.467 e. The Kier molecular flexibility index (Phi) is 9.55. The average Bonchev–Trinajstić information content (AvgIpc) is 3.41. The van der Waals surface area contributed by atoms with Gasteiger partial charge in [-0.3, -0.25) is 4.79 Å². The summed E-state index contributed by atoms with van der Waals surface area (Å²) in [5.41, 5.74) is 5.36. The monoisotopic (exact) mass is 494 g/mol. The number of halogens is 1. The molecule has 2 aromatic carbocycles. The lowest BCUT2D eigenvalue weighted by atomic mass is 10.2. The van der Waals surface area contributed by atoms with Crippen molar-refractivity contribution < 1.29 is 13.6 Å². The SMILES string of the molecule is C=C(SCC(=O)N/N=C/c1ccc(N(CC)CC)cc1)N(c1ccc(F)cc1)C(C)c1ccco1. The molecule has 0 aliphatic carbocycles. The Bertz CT molecular complexity index is 1110. The van der Waals surface area contributed by atoms with Gasteiger partial charge in [0.15, 0.2) is 0 Å². The molecule has 0 bridgehead atoms. The van der Waals surface area contributed by atoms with Crippen LogP contribution in [-0.2, 0) is 4.79 Å². The van der Waals surface area contributed by atoms with Crippen molar-refractivity contribution in [2.24, 2.45) is 5.10 Å². The molecule has 0 fully saturated rings. The van der Waals surface area contributed by atoms with Gasteiger partial charge < -0.3 is 14.2 Å². The van der Waals surface area contributed by atoms with Crippen molar-refractivity contribution in [1.29, 1.82) is 0 Å². The standard InChI is InChI=1S/C27H31FN4O2S/c1-5-31(6-2)24-13-9-22(10-14-24)18-29-30-27(33)19-35-21(4)32(20(3)26-8-7-17-34-26)25-15-11-23(28)12-16-25/h7-18,20H,4-6,19H2,1-3H3,(H,30,33)/b29-18+. The molecule has 1 N–H and O–H groups in total. The minimum absolute atomic E-state index is 0.125. The van der Waals surface area contributed by atoms with Gasteiger partial charge in [-0.25, -0.2) is 9.82 Å².